The summed E-state index contributed by atoms with van der Waals surface area (Å²) in [6.45, 7) is 4.75. The Balaban J connectivity index is 1.15. The van der Waals surface area contributed by atoms with E-state index < -0.39 is 5.41 Å². The second-order valence-corrected chi connectivity index (χ2v) is 17.5. The molecule has 0 bridgehead atoms. The molecular formula is C56H39NS. The molecule has 0 unspecified atom stereocenters. The van der Waals surface area contributed by atoms with E-state index in [1.165, 1.54) is 93.0 Å². The zero-order valence-corrected chi connectivity index (χ0v) is 33.2. The molecule has 0 fully saturated rings. The van der Waals surface area contributed by atoms with Crippen LogP contribution in [0.2, 0.25) is 0 Å². The molecule has 9 aromatic rings. The van der Waals surface area contributed by atoms with Gasteiger partial charge in [0.05, 0.1) is 11.1 Å². The molecule has 2 aliphatic carbocycles. The maximum atomic E-state index is 2.51. The highest BCUT2D eigenvalue weighted by molar-refractivity contribution is 7.99. The third-order valence-electron chi connectivity index (χ3n) is 13.1. The van der Waals surface area contributed by atoms with E-state index in [0.717, 1.165) is 11.4 Å². The van der Waals surface area contributed by atoms with E-state index in [-0.39, 0.29) is 5.41 Å². The lowest BCUT2D eigenvalue weighted by molar-refractivity contribution is 0.660. The number of rotatable bonds is 4. The first-order valence-electron chi connectivity index (χ1n) is 20.3. The van der Waals surface area contributed by atoms with Crippen LogP contribution >= 0.6 is 11.8 Å². The van der Waals surface area contributed by atoms with Crippen molar-refractivity contribution in [2.45, 2.75) is 34.5 Å². The second-order valence-electron chi connectivity index (χ2n) is 16.4. The number of benzene rings is 9. The van der Waals surface area contributed by atoms with Gasteiger partial charge in [-0.15, -0.1) is 0 Å². The predicted octanol–water partition coefficient (Wildman–Crippen LogP) is 15.1. The molecule has 9 aromatic carbocycles. The number of hydrogen-bond donors (Lipinski definition) is 0. The second kappa shape index (κ2) is 12.4. The Morgan fingerprint density at radius 3 is 1.60 bits per heavy atom. The van der Waals surface area contributed by atoms with Crippen molar-refractivity contribution in [1.29, 1.82) is 0 Å². The molecule has 58 heavy (non-hydrogen) atoms. The molecule has 2 heteroatoms. The fourth-order valence-corrected chi connectivity index (χ4v) is 11.8. The van der Waals surface area contributed by atoms with E-state index in [2.05, 4.69) is 219 Å². The molecule has 1 spiro atoms. The van der Waals surface area contributed by atoms with Crippen LogP contribution in [0, 0.1) is 0 Å². The largest absolute Gasteiger partial charge is 0.310 e. The number of hydrogen-bond acceptors (Lipinski definition) is 2. The van der Waals surface area contributed by atoms with Gasteiger partial charge in [-0.1, -0.05) is 189 Å². The van der Waals surface area contributed by atoms with Crippen molar-refractivity contribution >= 4 is 39.6 Å². The lowest BCUT2D eigenvalue weighted by Gasteiger charge is -2.41. The smallest absolute Gasteiger partial charge is 0.0741 e. The van der Waals surface area contributed by atoms with Crippen molar-refractivity contribution in [2.75, 3.05) is 4.90 Å². The van der Waals surface area contributed by atoms with Crippen LogP contribution in [0.5, 0.6) is 0 Å². The van der Waals surface area contributed by atoms with Crippen LogP contribution in [0.15, 0.2) is 210 Å². The fourth-order valence-electron chi connectivity index (χ4n) is 10.6. The highest BCUT2D eigenvalue weighted by Gasteiger charge is 2.51. The Bertz CT molecular complexity index is 3080. The third-order valence-corrected chi connectivity index (χ3v) is 14.2. The highest BCUT2D eigenvalue weighted by Crippen LogP contribution is 2.64. The van der Waals surface area contributed by atoms with Crippen LogP contribution in [0.1, 0.15) is 47.2 Å². The van der Waals surface area contributed by atoms with Crippen LogP contribution in [-0.2, 0) is 10.8 Å². The van der Waals surface area contributed by atoms with Crippen molar-refractivity contribution in [2.24, 2.45) is 0 Å². The van der Waals surface area contributed by atoms with Crippen LogP contribution in [0.4, 0.5) is 17.1 Å². The minimum absolute atomic E-state index is 0.127. The van der Waals surface area contributed by atoms with Crippen LogP contribution < -0.4 is 4.90 Å². The Hall–Kier alpha value is -6.61. The van der Waals surface area contributed by atoms with Gasteiger partial charge in [0.2, 0.25) is 0 Å². The molecule has 1 nitrogen and oxygen atoms in total. The Morgan fingerprint density at radius 1 is 0.379 bits per heavy atom. The molecule has 274 valence electrons. The number of nitrogens with zero attached hydrogens (tertiary/aromatic N) is 1. The number of fused-ring (bicyclic) bond motifs is 14. The Labute approximate surface area is 344 Å². The first-order valence-corrected chi connectivity index (χ1v) is 21.1. The quantitative estimate of drug-likeness (QED) is 0.176. The summed E-state index contributed by atoms with van der Waals surface area (Å²) in [5.74, 6) is 0. The van der Waals surface area contributed by atoms with Crippen LogP contribution in [0.3, 0.4) is 0 Å². The maximum absolute atomic E-state index is 2.51. The van der Waals surface area contributed by atoms with Crippen molar-refractivity contribution in [3.8, 4) is 33.4 Å². The summed E-state index contributed by atoms with van der Waals surface area (Å²) < 4.78 is 0. The molecular weight excluding hydrogens is 719 g/mol. The van der Waals surface area contributed by atoms with Crippen molar-refractivity contribution in [3.63, 3.8) is 0 Å². The predicted molar refractivity (Wildman–Crippen MR) is 243 cm³/mol. The van der Waals surface area contributed by atoms with Gasteiger partial charge in [-0.25, -0.2) is 0 Å². The van der Waals surface area contributed by atoms with Gasteiger partial charge in [-0.2, -0.15) is 0 Å². The van der Waals surface area contributed by atoms with Crippen LogP contribution in [-0.4, -0.2) is 0 Å². The molecule has 3 aliphatic rings. The van der Waals surface area contributed by atoms with Gasteiger partial charge < -0.3 is 4.90 Å². The van der Waals surface area contributed by atoms with E-state index >= 15 is 0 Å². The number of anilines is 3. The summed E-state index contributed by atoms with van der Waals surface area (Å²) in [4.78, 5) is 5.11. The summed E-state index contributed by atoms with van der Waals surface area (Å²) in [5, 5.41) is 2.51. The van der Waals surface area contributed by atoms with Gasteiger partial charge in [0.25, 0.3) is 0 Å². The standard InChI is InChI=1S/C56H39NS/c1-55(2)46-23-11-8-18-40(46)43-33-32-39(34-50(43)55)57(38-30-28-37(29-31-38)36-16-4-3-5-17-36)51-35-53-54(45-22-7-6-21-44(45)51)56(49-26-14-15-27-52(49)58-53)47-24-12-9-19-41(47)42-20-10-13-25-48(42)56/h3-35H,1-2H3. The van der Waals surface area contributed by atoms with Crippen molar-refractivity contribution < 1.29 is 0 Å². The molecule has 0 saturated carbocycles. The molecule has 1 heterocycles. The van der Waals surface area contributed by atoms with Gasteiger partial charge in [0, 0.05) is 32.0 Å². The topological polar surface area (TPSA) is 3.24 Å². The van der Waals surface area contributed by atoms with Crippen molar-refractivity contribution in [1.82, 2.24) is 0 Å². The van der Waals surface area contributed by atoms with Crippen molar-refractivity contribution in [3.05, 3.63) is 234 Å². The minimum atomic E-state index is -0.464. The lowest BCUT2D eigenvalue weighted by atomic mass is 9.66. The highest BCUT2D eigenvalue weighted by atomic mass is 32.2. The summed E-state index contributed by atoms with van der Waals surface area (Å²) in [6, 6.07) is 74.9. The van der Waals surface area contributed by atoms with E-state index in [9.17, 15) is 0 Å². The molecule has 0 saturated heterocycles. The maximum Gasteiger partial charge on any atom is 0.0741 e. The fraction of sp³-hybridized carbons (Fsp3) is 0.0714. The zero-order chi connectivity index (χ0) is 38.6. The van der Waals surface area contributed by atoms with E-state index in [1.807, 2.05) is 11.8 Å². The molecule has 0 N–H and O–H groups in total. The average molecular weight is 758 g/mol. The Kier molecular flexibility index (Phi) is 7.19. The lowest BCUT2D eigenvalue weighted by Crippen LogP contribution is -2.32. The third kappa shape index (κ3) is 4.55. The molecule has 12 rings (SSSR count). The first-order chi connectivity index (χ1) is 28.5. The SMILES string of the molecule is CC1(C)c2ccccc2-c2ccc(N(c3ccc(-c4ccccc4)cc3)c3cc4c(c5ccccc35)C3(c5ccccc5S4)c4ccccc4-c4ccccc43)cc21. The molecule has 0 atom stereocenters. The van der Waals surface area contributed by atoms with Gasteiger partial charge >= 0.3 is 0 Å². The van der Waals surface area contributed by atoms with Gasteiger partial charge in [-0.05, 0) is 109 Å². The minimum Gasteiger partial charge on any atom is -0.310 e. The summed E-state index contributed by atoms with van der Waals surface area (Å²) >= 11 is 1.91. The summed E-state index contributed by atoms with van der Waals surface area (Å²) in [5.41, 5.74) is 18.8. The molecule has 1 aliphatic heterocycles. The average Bonchev–Trinajstić information content (AvgIpc) is 3.69. The van der Waals surface area contributed by atoms with Crippen LogP contribution in [0.25, 0.3) is 44.2 Å². The summed E-state index contributed by atoms with van der Waals surface area (Å²) in [6.07, 6.45) is 0. The molecule has 0 radical (unpaired) electrons. The van der Waals surface area contributed by atoms with Gasteiger partial charge in [0.15, 0.2) is 0 Å². The monoisotopic (exact) mass is 757 g/mol. The molecule has 0 amide bonds. The van der Waals surface area contributed by atoms with E-state index in [4.69, 9.17) is 0 Å². The van der Waals surface area contributed by atoms with E-state index in [1.54, 1.807) is 0 Å². The van der Waals surface area contributed by atoms with Gasteiger partial charge in [-0.3, -0.25) is 0 Å². The Morgan fingerprint density at radius 2 is 0.897 bits per heavy atom. The van der Waals surface area contributed by atoms with Gasteiger partial charge in [0.1, 0.15) is 0 Å². The van der Waals surface area contributed by atoms with E-state index in [0.29, 0.717) is 0 Å². The summed E-state index contributed by atoms with van der Waals surface area (Å²) in [7, 11) is 0. The first kappa shape index (κ1) is 33.5. The molecule has 0 aromatic heterocycles. The zero-order valence-electron chi connectivity index (χ0n) is 32.4. The normalized spacial score (nSPS) is 14.6.